The Bertz CT molecular complexity index is 323. The minimum Gasteiger partial charge on any atom is -0.324 e. The molecule has 0 bridgehead atoms. The van der Waals surface area contributed by atoms with Gasteiger partial charge in [-0.1, -0.05) is 15.9 Å². The first-order chi connectivity index (χ1) is 6.18. The molecule has 1 unspecified atom stereocenters. The van der Waals surface area contributed by atoms with Crippen molar-refractivity contribution in [3.05, 3.63) is 31.8 Å². The van der Waals surface area contributed by atoms with Crippen LogP contribution in [0.2, 0.25) is 0 Å². The van der Waals surface area contributed by atoms with Crippen LogP contribution in [-0.2, 0) is 0 Å². The Hall–Kier alpha value is 0.390. The summed E-state index contributed by atoms with van der Waals surface area (Å²) in [5.41, 5.74) is 7.40. The molecule has 1 nitrogen and oxygen atoms in total. The zero-order chi connectivity index (χ0) is 9.42. The average Bonchev–Trinajstić information content (AvgIpc) is 2.91. The van der Waals surface area contributed by atoms with E-state index >= 15 is 0 Å². The highest BCUT2D eigenvalue weighted by atomic mass is 127. The molecule has 70 valence electrons. The summed E-state index contributed by atoms with van der Waals surface area (Å²) in [7, 11) is 0. The van der Waals surface area contributed by atoms with E-state index in [9.17, 15) is 0 Å². The second kappa shape index (κ2) is 3.87. The van der Waals surface area contributed by atoms with E-state index in [-0.39, 0.29) is 6.04 Å². The fourth-order valence-corrected chi connectivity index (χ4v) is 2.51. The Balaban J connectivity index is 2.31. The molecule has 1 saturated carbocycles. The molecule has 2 N–H and O–H groups in total. The van der Waals surface area contributed by atoms with Gasteiger partial charge in [0.2, 0.25) is 0 Å². The fourth-order valence-electron chi connectivity index (χ4n) is 1.48. The number of halogens is 2. The monoisotopic (exact) mass is 351 g/mol. The van der Waals surface area contributed by atoms with E-state index in [1.54, 1.807) is 0 Å². The number of hydrogen-bond donors (Lipinski definition) is 1. The second-order valence-corrected chi connectivity index (χ2v) is 5.63. The smallest absolute Gasteiger partial charge is 0.0335 e. The lowest BCUT2D eigenvalue weighted by molar-refractivity contribution is 0.630. The van der Waals surface area contributed by atoms with Crippen LogP contribution in [0.5, 0.6) is 0 Å². The molecule has 1 aromatic rings. The Morgan fingerprint density at radius 3 is 2.77 bits per heavy atom. The highest BCUT2D eigenvalue weighted by Crippen LogP contribution is 2.41. The second-order valence-electron chi connectivity index (χ2n) is 3.53. The lowest BCUT2D eigenvalue weighted by Gasteiger charge is -2.12. The third-order valence-corrected chi connectivity index (χ3v) is 3.84. The van der Waals surface area contributed by atoms with Crippen LogP contribution in [0.3, 0.4) is 0 Å². The molecule has 0 radical (unpaired) electrons. The Labute approximate surface area is 100 Å². The summed E-state index contributed by atoms with van der Waals surface area (Å²) >= 11 is 5.87. The van der Waals surface area contributed by atoms with Crippen molar-refractivity contribution in [2.24, 2.45) is 11.7 Å². The van der Waals surface area contributed by atoms with E-state index < -0.39 is 0 Å². The standard InChI is InChI=1S/C10H11BrIN/c11-9-4-3-7(12)5-8(9)10(13)6-1-2-6/h3-6,10H,1-2,13H2. The SMILES string of the molecule is NC(c1cc(I)ccc1Br)C1CC1. The number of rotatable bonds is 2. The molecule has 0 aliphatic heterocycles. The minimum atomic E-state index is 0.226. The molecule has 1 atom stereocenters. The van der Waals surface area contributed by atoms with E-state index in [2.05, 4.69) is 56.7 Å². The predicted molar refractivity (Wildman–Crippen MR) is 66.5 cm³/mol. The first-order valence-corrected chi connectivity index (χ1v) is 6.26. The van der Waals surface area contributed by atoms with Crippen molar-refractivity contribution < 1.29 is 0 Å². The summed E-state index contributed by atoms with van der Waals surface area (Å²) in [6, 6.07) is 6.57. The van der Waals surface area contributed by atoms with Crippen LogP contribution >= 0.6 is 38.5 Å². The Morgan fingerprint density at radius 2 is 2.15 bits per heavy atom. The van der Waals surface area contributed by atoms with Gasteiger partial charge >= 0.3 is 0 Å². The van der Waals surface area contributed by atoms with Crippen LogP contribution < -0.4 is 5.73 Å². The van der Waals surface area contributed by atoms with Gasteiger partial charge < -0.3 is 5.73 Å². The fraction of sp³-hybridized carbons (Fsp3) is 0.400. The van der Waals surface area contributed by atoms with Crippen molar-refractivity contribution in [3.63, 3.8) is 0 Å². The molecule has 1 aliphatic carbocycles. The molecular formula is C10H11BrIN. The summed E-state index contributed by atoms with van der Waals surface area (Å²) < 4.78 is 2.40. The van der Waals surface area contributed by atoms with Crippen LogP contribution in [0.15, 0.2) is 22.7 Å². The first-order valence-electron chi connectivity index (χ1n) is 4.39. The van der Waals surface area contributed by atoms with Gasteiger partial charge in [-0.15, -0.1) is 0 Å². The lowest BCUT2D eigenvalue weighted by Crippen LogP contribution is -2.13. The Morgan fingerprint density at radius 1 is 1.46 bits per heavy atom. The molecule has 1 aromatic carbocycles. The van der Waals surface area contributed by atoms with Gasteiger partial charge in [0.1, 0.15) is 0 Å². The lowest BCUT2D eigenvalue weighted by atomic mass is 10.0. The highest BCUT2D eigenvalue weighted by Gasteiger charge is 2.30. The minimum absolute atomic E-state index is 0.226. The number of nitrogens with two attached hydrogens (primary N) is 1. The predicted octanol–water partition coefficient (Wildman–Crippen LogP) is 3.46. The van der Waals surface area contributed by atoms with Crippen LogP contribution in [0.1, 0.15) is 24.4 Å². The summed E-state index contributed by atoms with van der Waals surface area (Å²) in [6.45, 7) is 0. The molecular weight excluding hydrogens is 341 g/mol. The maximum absolute atomic E-state index is 6.14. The van der Waals surface area contributed by atoms with Gasteiger partial charge in [-0.05, 0) is 65.1 Å². The molecule has 13 heavy (non-hydrogen) atoms. The molecule has 0 heterocycles. The molecule has 0 spiro atoms. The van der Waals surface area contributed by atoms with E-state index in [0.717, 1.165) is 10.4 Å². The zero-order valence-electron chi connectivity index (χ0n) is 7.13. The van der Waals surface area contributed by atoms with Gasteiger partial charge in [0.15, 0.2) is 0 Å². The molecule has 0 amide bonds. The van der Waals surface area contributed by atoms with Gasteiger partial charge in [0, 0.05) is 14.1 Å². The van der Waals surface area contributed by atoms with Gasteiger partial charge in [0.25, 0.3) is 0 Å². The molecule has 0 saturated heterocycles. The van der Waals surface area contributed by atoms with Crippen LogP contribution in [-0.4, -0.2) is 0 Å². The van der Waals surface area contributed by atoms with E-state index in [0.29, 0.717) is 0 Å². The van der Waals surface area contributed by atoms with Crippen molar-refractivity contribution >= 4 is 38.5 Å². The Kier molecular flexibility index (Phi) is 2.95. The summed E-state index contributed by atoms with van der Waals surface area (Å²) in [4.78, 5) is 0. The third-order valence-electron chi connectivity index (χ3n) is 2.45. The quantitative estimate of drug-likeness (QED) is 0.811. The molecule has 1 fully saturated rings. The molecule has 2 rings (SSSR count). The largest absolute Gasteiger partial charge is 0.324 e. The molecule has 0 aromatic heterocycles. The van der Waals surface area contributed by atoms with E-state index in [1.807, 2.05) is 0 Å². The van der Waals surface area contributed by atoms with E-state index in [1.165, 1.54) is 22.0 Å². The summed E-state index contributed by atoms with van der Waals surface area (Å²) in [5.74, 6) is 0.717. The molecule has 3 heteroatoms. The van der Waals surface area contributed by atoms with Crippen LogP contribution in [0.4, 0.5) is 0 Å². The van der Waals surface area contributed by atoms with Gasteiger partial charge in [-0.2, -0.15) is 0 Å². The normalized spacial score (nSPS) is 18.7. The van der Waals surface area contributed by atoms with Crippen LogP contribution in [0, 0.1) is 9.49 Å². The first kappa shape index (κ1) is 9.93. The third kappa shape index (κ3) is 2.25. The van der Waals surface area contributed by atoms with Gasteiger partial charge in [-0.25, -0.2) is 0 Å². The van der Waals surface area contributed by atoms with E-state index in [4.69, 9.17) is 5.73 Å². The zero-order valence-corrected chi connectivity index (χ0v) is 10.9. The summed E-state index contributed by atoms with van der Waals surface area (Å²) in [5, 5.41) is 0. The van der Waals surface area contributed by atoms with Crippen molar-refractivity contribution in [3.8, 4) is 0 Å². The average molecular weight is 352 g/mol. The maximum atomic E-state index is 6.14. The maximum Gasteiger partial charge on any atom is 0.0335 e. The number of benzene rings is 1. The van der Waals surface area contributed by atoms with Gasteiger partial charge in [-0.3, -0.25) is 0 Å². The summed E-state index contributed by atoms with van der Waals surface area (Å²) in [6.07, 6.45) is 2.58. The van der Waals surface area contributed by atoms with Crippen LogP contribution in [0.25, 0.3) is 0 Å². The van der Waals surface area contributed by atoms with Crippen molar-refractivity contribution in [2.45, 2.75) is 18.9 Å². The van der Waals surface area contributed by atoms with Crippen molar-refractivity contribution in [1.29, 1.82) is 0 Å². The van der Waals surface area contributed by atoms with Crippen molar-refractivity contribution in [1.82, 2.24) is 0 Å². The number of hydrogen-bond acceptors (Lipinski definition) is 1. The van der Waals surface area contributed by atoms with Crippen molar-refractivity contribution in [2.75, 3.05) is 0 Å². The topological polar surface area (TPSA) is 26.0 Å². The highest BCUT2D eigenvalue weighted by molar-refractivity contribution is 14.1. The van der Waals surface area contributed by atoms with Gasteiger partial charge in [0.05, 0.1) is 0 Å². The molecule has 1 aliphatic rings.